The molecular formula is C20H17FN4O4. The van der Waals surface area contributed by atoms with Gasteiger partial charge in [-0.1, -0.05) is 18.2 Å². The number of carbonyl (C=O) groups excluding carboxylic acids is 2. The normalized spacial score (nSPS) is 22.2. The van der Waals surface area contributed by atoms with E-state index in [0.717, 1.165) is 39.6 Å². The molecule has 3 aromatic rings. The van der Waals surface area contributed by atoms with Crippen molar-refractivity contribution in [3.05, 3.63) is 64.7 Å². The fraction of sp³-hybridized carbons (Fsp3) is 0.200. The van der Waals surface area contributed by atoms with Gasteiger partial charge in [-0.15, -0.1) is 0 Å². The molecule has 3 N–H and O–H groups in total. The zero-order valence-corrected chi connectivity index (χ0v) is 15.4. The van der Waals surface area contributed by atoms with Crippen LogP contribution in [0.25, 0.3) is 10.9 Å². The first kappa shape index (κ1) is 17.8. The molecule has 8 nitrogen and oxygen atoms in total. The Morgan fingerprint density at radius 3 is 2.76 bits per heavy atom. The van der Waals surface area contributed by atoms with Crippen LogP contribution in [0.15, 0.2) is 42.5 Å². The summed E-state index contributed by atoms with van der Waals surface area (Å²) in [6.07, 6.45) is 0.566. The van der Waals surface area contributed by atoms with Gasteiger partial charge in [0.25, 0.3) is 5.91 Å². The highest BCUT2D eigenvalue weighted by molar-refractivity contribution is 6.24. The van der Waals surface area contributed by atoms with E-state index in [1.165, 1.54) is 4.90 Å². The minimum Gasteiger partial charge on any atom is -0.595 e. The molecule has 5 rings (SSSR count). The van der Waals surface area contributed by atoms with Gasteiger partial charge in [0, 0.05) is 23.5 Å². The molecule has 2 atom stereocenters. The van der Waals surface area contributed by atoms with Gasteiger partial charge in [-0.25, -0.2) is 19.3 Å². The number of urea groups is 1. The summed E-state index contributed by atoms with van der Waals surface area (Å²) in [5.74, 6) is -1.32. The molecule has 0 spiro atoms. The zero-order chi connectivity index (χ0) is 20.5. The number of halogens is 1. The largest absolute Gasteiger partial charge is 0.595 e. The average molecular weight is 396 g/mol. The summed E-state index contributed by atoms with van der Waals surface area (Å²) < 4.78 is 13.6. The molecule has 2 aromatic carbocycles. The molecule has 0 bridgehead atoms. The first-order valence-electron chi connectivity index (χ1n) is 9.13. The Hall–Kier alpha value is -3.27. The number of nitrogens with zero attached hydrogens (tertiary/aromatic N) is 2. The lowest BCUT2D eigenvalue weighted by Gasteiger charge is -2.35. The molecule has 0 aliphatic carbocycles. The maximum absolute atomic E-state index is 13.6. The van der Waals surface area contributed by atoms with Crippen LogP contribution in [0.3, 0.4) is 0 Å². The van der Waals surface area contributed by atoms with Gasteiger partial charge in [-0.05, 0) is 37.1 Å². The average Bonchev–Trinajstić information content (AvgIpc) is 3.17. The van der Waals surface area contributed by atoms with E-state index in [1.807, 2.05) is 24.3 Å². The Bertz CT molecular complexity index is 1190. The van der Waals surface area contributed by atoms with Gasteiger partial charge in [-0.2, -0.15) is 5.23 Å². The van der Waals surface area contributed by atoms with Crippen molar-refractivity contribution >= 4 is 34.2 Å². The molecule has 1 aromatic heterocycles. The third kappa shape index (κ3) is 2.23. The predicted molar refractivity (Wildman–Crippen MR) is 101 cm³/mol. The Kier molecular flexibility index (Phi) is 3.60. The number of carbonyl (C=O) groups is 2. The Balaban J connectivity index is 1.70. The van der Waals surface area contributed by atoms with Crippen molar-refractivity contribution in [2.24, 2.45) is 0 Å². The Morgan fingerprint density at radius 2 is 2.00 bits per heavy atom. The van der Waals surface area contributed by atoms with Crippen LogP contribution in [0.5, 0.6) is 0 Å². The second kappa shape index (κ2) is 5.86. The van der Waals surface area contributed by atoms with Crippen molar-refractivity contribution < 1.29 is 24.4 Å². The first-order chi connectivity index (χ1) is 13.8. The molecule has 0 saturated carbocycles. The van der Waals surface area contributed by atoms with Crippen molar-refractivity contribution in [2.75, 3.05) is 11.4 Å². The topological polar surface area (TPSA) is 104 Å². The quantitative estimate of drug-likeness (QED) is 0.455. The van der Waals surface area contributed by atoms with Gasteiger partial charge in [-0.3, -0.25) is 4.79 Å². The third-order valence-electron chi connectivity index (χ3n) is 5.90. The van der Waals surface area contributed by atoms with Gasteiger partial charge >= 0.3 is 6.03 Å². The van der Waals surface area contributed by atoms with E-state index in [4.69, 9.17) is 0 Å². The summed E-state index contributed by atoms with van der Waals surface area (Å²) in [6, 6.07) is 10.1. The molecule has 1 saturated heterocycles. The molecule has 3 amide bonds. The monoisotopic (exact) mass is 396 g/mol. The van der Waals surface area contributed by atoms with Crippen LogP contribution in [0.1, 0.15) is 18.2 Å². The summed E-state index contributed by atoms with van der Waals surface area (Å²) in [5, 5.41) is 20.7. The number of benzene rings is 2. The molecule has 148 valence electrons. The van der Waals surface area contributed by atoms with Crippen molar-refractivity contribution in [1.82, 2.24) is 9.88 Å². The lowest BCUT2D eigenvalue weighted by atomic mass is 9.87. The number of amides is 3. The van der Waals surface area contributed by atoms with Crippen LogP contribution in [0.4, 0.5) is 20.6 Å². The molecule has 1 unspecified atom stereocenters. The van der Waals surface area contributed by atoms with E-state index in [-0.39, 0.29) is 5.69 Å². The van der Waals surface area contributed by atoms with Gasteiger partial charge in [0.2, 0.25) is 0 Å². The van der Waals surface area contributed by atoms with Crippen molar-refractivity contribution in [3.63, 3.8) is 0 Å². The zero-order valence-electron chi connectivity index (χ0n) is 15.4. The summed E-state index contributed by atoms with van der Waals surface area (Å²) in [4.78, 5) is 32.3. The fourth-order valence-electron chi connectivity index (χ4n) is 4.48. The van der Waals surface area contributed by atoms with Crippen LogP contribution in [0.2, 0.25) is 0 Å². The minimum atomic E-state index is -1.42. The second-order valence-corrected chi connectivity index (χ2v) is 7.39. The smallest absolute Gasteiger partial charge is 0.332 e. The highest BCUT2D eigenvalue weighted by Crippen LogP contribution is 2.45. The first-order valence-corrected chi connectivity index (χ1v) is 9.13. The van der Waals surface area contributed by atoms with Crippen LogP contribution < -0.4 is 10.1 Å². The number of hydrogen-bond donors (Lipinski definition) is 3. The molecule has 2 aliphatic heterocycles. The number of H-pyrrole nitrogens is 1. The number of aromatic amines is 1. The highest BCUT2D eigenvalue weighted by atomic mass is 19.1. The van der Waals surface area contributed by atoms with E-state index in [9.17, 15) is 24.4 Å². The van der Waals surface area contributed by atoms with E-state index in [0.29, 0.717) is 18.7 Å². The van der Waals surface area contributed by atoms with Crippen LogP contribution >= 0.6 is 0 Å². The molecule has 9 heteroatoms. The maximum Gasteiger partial charge on any atom is 0.332 e. The van der Waals surface area contributed by atoms with E-state index >= 15 is 0 Å². The number of nitrogens with one attached hydrogen (secondary N) is 2. The number of imide groups is 1. The standard InChI is InChI=1S/C20H17FN4O4/c1-20-17-13(12-4-2-3-5-14(12)22-17)8-9-23(20)19(27)24(18(20)26)15-7-6-11(21)10-16(15)25(28)29/h2-7,10,22,25,28H,8-9H2,1H3/t20-/m0/s1. The number of aromatic nitrogens is 1. The van der Waals surface area contributed by atoms with Crippen LogP contribution in [-0.4, -0.2) is 33.6 Å². The van der Waals surface area contributed by atoms with E-state index < -0.39 is 34.2 Å². The van der Waals surface area contributed by atoms with Crippen molar-refractivity contribution in [1.29, 1.82) is 0 Å². The van der Waals surface area contributed by atoms with Crippen molar-refractivity contribution in [3.8, 4) is 0 Å². The van der Waals surface area contributed by atoms with Gasteiger partial charge < -0.3 is 15.1 Å². The molecule has 3 heterocycles. The summed E-state index contributed by atoms with van der Waals surface area (Å²) in [6.45, 7) is 1.97. The summed E-state index contributed by atoms with van der Waals surface area (Å²) >= 11 is 0. The molecule has 29 heavy (non-hydrogen) atoms. The minimum absolute atomic E-state index is 0.137. The SMILES string of the molecule is C[C@]12C(=O)N(c3ccc(F)cc3[NH+]([O-])O)C(=O)N1CCc1c2[nH]c2ccccc12. The van der Waals surface area contributed by atoms with Gasteiger partial charge in [0.1, 0.15) is 11.5 Å². The summed E-state index contributed by atoms with van der Waals surface area (Å²) in [5.41, 5.74) is 0.597. The number of quaternary nitrogens is 1. The maximum atomic E-state index is 13.6. The van der Waals surface area contributed by atoms with E-state index in [2.05, 4.69) is 4.98 Å². The lowest BCUT2D eigenvalue weighted by molar-refractivity contribution is -0.990. The lowest BCUT2D eigenvalue weighted by Crippen LogP contribution is -2.99. The van der Waals surface area contributed by atoms with Crippen LogP contribution in [-0.2, 0) is 16.8 Å². The molecule has 0 radical (unpaired) electrons. The van der Waals surface area contributed by atoms with Gasteiger partial charge in [0.05, 0.1) is 5.69 Å². The number of fused-ring (bicyclic) bond motifs is 5. The number of anilines is 1. The number of rotatable bonds is 2. The molecule has 2 aliphatic rings. The fourth-order valence-corrected chi connectivity index (χ4v) is 4.48. The Morgan fingerprint density at radius 1 is 1.24 bits per heavy atom. The molecular weight excluding hydrogens is 379 g/mol. The summed E-state index contributed by atoms with van der Waals surface area (Å²) in [7, 11) is 0. The van der Waals surface area contributed by atoms with Gasteiger partial charge in [0.15, 0.2) is 11.2 Å². The predicted octanol–water partition coefficient (Wildman–Crippen LogP) is 1.95. The number of para-hydroxylation sites is 1. The third-order valence-corrected chi connectivity index (χ3v) is 5.90. The van der Waals surface area contributed by atoms with Crippen molar-refractivity contribution in [2.45, 2.75) is 18.9 Å². The Labute approximate surface area is 164 Å². The number of hydrogen-bond acceptors (Lipinski definition) is 4. The highest BCUT2D eigenvalue weighted by Gasteiger charge is 2.59. The second-order valence-electron chi connectivity index (χ2n) is 7.39. The molecule has 1 fully saturated rings. The van der Waals surface area contributed by atoms with E-state index in [1.54, 1.807) is 6.92 Å². The van der Waals surface area contributed by atoms with Crippen LogP contribution in [0, 0.1) is 11.0 Å².